The van der Waals surface area contributed by atoms with E-state index in [2.05, 4.69) is 5.16 Å². The Morgan fingerprint density at radius 1 is 1.21 bits per heavy atom. The zero-order valence-electron chi connectivity index (χ0n) is 12.8. The Balaban J connectivity index is 1.61. The Kier molecular flexibility index (Phi) is 3.65. The molecule has 6 heteroatoms. The molecular weight excluding hydrogens is 311 g/mol. The first-order chi connectivity index (χ1) is 11.7. The molecule has 4 rings (SSSR count). The maximum Gasteiger partial charge on any atom is 0.276 e. The van der Waals surface area contributed by atoms with E-state index in [1.807, 2.05) is 0 Å². The van der Waals surface area contributed by atoms with Crippen molar-refractivity contribution in [1.29, 1.82) is 0 Å². The largest absolute Gasteiger partial charge is 0.461 e. The Morgan fingerprint density at radius 3 is 2.88 bits per heavy atom. The van der Waals surface area contributed by atoms with Gasteiger partial charge in [-0.1, -0.05) is 23.4 Å². The molecule has 0 radical (unpaired) electrons. The van der Waals surface area contributed by atoms with Crippen LogP contribution in [0.3, 0.4) is 0 Å². The van der Waals surface area contributed by atoms with Gasteiger partial charge in [-0.05, 0) is 31.0 Å². The molecule has 0 unspecified atom stereocenters. The lowest BCUT2D eigenvalue weighted by Gasteiger charge is -2.24. The predicted molar refractivity (Wildman–Crippen MR) is 83.6 cm³/mol. The number of benzene rings is 1. The van der Waals surface area contributed by atoms with E-state index in [4.69, 9.17) is 8.94 Å². The summed E-state index contributed by atoms with van der Waals surface area (Å²) in [4.78, 5) is 14.4. The van der Waals surface area contributed by atoms with Crippen molar-refractivity contribution in [2.24, 2.45) is 0 Å². The molecule has 0 N–H and O–H groups in total. The lowest BCUT2D eigenvalue weighted by Crippen LogP contribution is -2.31. The van der Waals surface area contributed by atoms with E-state index in [1.165, 1.54) is 12.3 Å². The van der Waals surface area contributed by atoms with Gasteiger partial charge in [0.2, 0.25) is 5.76 Å². The summed E-state index contributed by atoms with van der Waals surface area (Å²) in [5.41, 5.74) is 0.739. The number of amides is 1. The lowest BCUT2D eigenvalue weighted by atomic mass is 10.0. The number of carbonyl (C=O) groups excluding carboxylic acids is 1. The highest BCUT2D eigenvalue weighted by atomic mass is 19.1. The van der Waals surface area contributed by atoms with Crippen LogP contribution in [-0.4, -0.2) is 22.5 Å². The van der Waals surface area contributed by atoms with E-state index in [-0.39, 0.29) is 23.5 Å². The maximum atomic E-state index is 14.1. The van der Waals surface area contributed by atoms with Gasteiger partial charge < -0.3 is 13.8 Å². The first-order valence-corrected chi connectivity index (χ1v) is 7.80. The van der Waals surface area contributed by atoms with Gasteiger partial charge in [-0.15, -0.1) is 0 Å². The second kappa shape index (κ2) is 5.96. The van der Waals surface area contributed by atoms with Crippen molar-refractivity contribution in [1.82, 2.24) is 10.1 Å². The number of hydrogen-bond donors (Lipinski definition) is 0. The standard InChI is InChI=1S/C18H15FN2O3/c19-13-6-2-1-5-12(13)15-7-3-9-21(15)18(22)14-11-17(24-20-14)16-8-4-10-23-16/h1-2,4-6,8,10-11,15H,3,7,9H2/t15-/m1/s1. The molecule has 1 saturated heterocycles. The molecule has 5 nitrogen and oxygen atoms in total. The van der Waals surface area contributed by atoms with E-state index in [0.29, 0.717) is 23.6 Å². The van der Waals surface area contributed by atoms with Crippen molar-refractivity contribution in [3.8, 4) is 11.5 Å². The fourth-order valence-electron chi connectivity index (χ4n) is 3.14. The highest BCUT2D eigenvalue weighted by Crippen LogP contribution is 2.34. The van der Waals surface area contributed by atoms with Crippen LogP contribution in [0.5, 0.6) is 0 Å². The summed E-state index contributed by atoms with van der Waals surface area (Å²) in [7, 11) is 0. The molecule has 3 aromatic rings. The fourth-order valence-corrected chi connectivity index (χ4v) is 3.14. The van der Waals surface area contributed by atoms with Crippen molar-refractivity contribution >= 4 is 5.91 Å². The van der Waals surface area contributed by atoms with E-state index in [1.54, 1.807) is 41.3 Å². The Morgan fingerprint density at radius 2 is 2.08 bits per heavy atom. The van der Waals surface area contributed by atoms with Crippen LogP contribution < -0.4 is 0 Å². The molecule has 1 aliphatic rings. The number of hydrogen-bond acceptors (Lipinski definition) is 4. The van der Waals surface area contributed by atoms with Crippen LogP contribution in [-0.2, 0) is 0 Å². The van der Waals surface area contributed by atoms with E-state index >= 15 is 0 Å². The first kappa shape index (κ1) is 14.7. The predicted octanol–water partition coefficient (Wildman–Crippen LogP) is 4.05. The molecular formula is C18H15FN2O3. The van der Waals surface area contributed by atoms with Crippen molar-refractivity contribution in [2.75, 3.05) is 6.54 Å². The minimum absolute atomic E-state index is 0.199. The van der Waals surface area contributed by atoms with Crippen LogP contribution in [0, 0.1) is 5.82 Å². The molecule has 0 spiro atoms. The van der Waals surface area contributed by atoms with Crippen LogP contribution in [0.1, 0.15) is 34.9 Å². The second-order valence-electron chi connectivity index (χ2n) is 5.73. The normalized spacial score (nSPS) is 17.4. The summed E-state index contributed by atoms with van der Waals surface area (Å²) in [6, 6.07) is 11.3. The summed E-state index contributed by atoms with van der Waals surface area (Å²) >= 11 is 0. The third kappa shape index (κ3) is 2.50. The Hall–Kier alpha value is -2.89. The average molecular weight is 326 g/mol. The topological polar surface area (TPSA) is 59.5 Å². The van der Waals surface area contributed by atoms with Crippen LogP contribution >= 0.6 is 0 Å². The third-order valence-electron chi connectivity index (χ3n) is 4.27. The number of halogens is 1. The van der Waals surface area contributed by atoms with Gasteiger partial charge in [0.15, 0.2) is 11.5 Å². The quantitative estimate of drug-likeness (QED) is 0.728. The van der Waals surface area contributed by atoms with Gasteiger partial charge in [0, 0.05) is 18.2 Å². The summed E-state index contributed by atoms with van der Waals surface area (Å²) < 4.78 is 24.5. The van der Waals surface area contributed by atoms with Crippen LogP contribution in [0.4, 0.5) is 4.39 Å². The van der Waals surface area contributed by atoms with Gasteiger partial charge in [0.25, 0.3) is 5.91 Å². The SMILES string of the molecule is O=C(c1cc(-c2ccco2)on1)N1CCC[C@@H]1c1ccccc1F. The number of likely N-dealkylation sites (tertiary alicyclic amines) is 1. The first-order valence-electron chi connectivity index (χ1n) is 7.80. The van der Waals surface area contributed by atoms with Gasteiger partial charge in [-0.3, -0.25) is 4.79 Å². The number of aromatic nitrogens is 1. The molecule has 0 saturated carbocycles. The van der Waals surface area contributed by atoms with Crippen LogP contribution in [0.25, 0.3) is 11.5 Å². The van der Waals surface area contributed by atoms with Gasteiger partial charge >= 0.3 is 0 Å². The van der Waals surface area contributed by atoms with Crippen molar-refractivity contribution in [3.63, 3.8) is 0 Å². The zero-order valence-corrected chi connectivity index (χ0v) is 12.8. The molecule has 2 aromatic heterocycles. The number of furan rings is 1. The summed E-state index contributed by atoms with van der Waals surface area (Å²) in [6.07, 6.45) is 3.08. The number of nitrogens with zero attached hydrogens (tertiary/aromatic N) is 2. The number of rotatable bonds is 3. The van der Waals surface area contributed by atoms with Crippen LogP contribution in [0.15, 0.2) is 57.7 Å². The molecule has 24 heavy (non-hydrogen) atoms. The highest BCUT2D eigenvalue weighted by Gasteiger charge is 2.33. The zero-order chi connectivity index (χ0) is 16.5. The molecule has 0 bridgehead atoms. The third-order valence-corrected chi connectivity index (χ3v) is 4.27. The molecule has 122 valence electrons. The van der Waals surface area contributed by atoms with Gasteiger partial charge in [0.05, 0.1) is 12.3 Å². The number of carbonyl (C=O) groups is 1. The molecule has 1 atom stereocenters. The minimum atomic E-state index is -0.293. The van der Waals surface area contributed by atoms with E-state index < -0.39 is 0 Å². The lowest BCUT2D eigenvalue weighted by molar-refractivity contribution is 0.0723. The van der Waals surface area contributed by atoms with Crippen molar-refractivity contribution in [2.45, 2.75) is 18.9 Å². The summed E-state index contributed by atoms with van der Waals surface area (Å²) in [5.74, 6) is 0.347. The highest BCUT2D eigenvalue weighted by molar-refractivity contribution is 5.93. The van der Waals surface area contributed by atoms with E-state index in [9.17, 15) is 9.18 Å². The molecule has 1 aromatic carbocycles. The van der Waals surface area contributed by atoms with Gasteiger partial charge in [-0.2, -0.15) is 0 Å². The Labute approximate surface area is 137 Å². The molecule has 0 aliphatic carbocycles. The van der Waals surface area contributed by atoms with Crippen LogP contribution in [0.2, 0.25) is 0 Å². The second-order valence-corrected chi connectivity index (χ2v) is 5.73. The fraction of sp³-hybridized carbons (Fsp3) is 0.222. The molecule has 1 aliphatic heterocycles. The Bertz CT molecular complexity index is 857. The van der Waals surface area contributed by atoms with E-state index in [0.717, 1.165) is 12.8 Å². The summed E-state index contributed by atoms with van der Waals surface area (Å²) in [5, 5.41) is 3.85. The van der Waals surface area contributed by atoms with Crippen molar-refractivity contribution < 1.29 is 18.1 Å². The van der Waals surface area contributed by atoms with Gasteiger partial charge in [-0.25, -0.2) is 4.39 Å². The smallest absolute Gasteiger partial charge is 0.276 e. The molecule has 1 fully saturated rings. The van der Waals surface area contributed by atoms with Gasteiger partial charge in [0.1, 0.15) is 5.82 Å². The molecule has 3 heterocycles. The molecule has 1 amide bonds. The maximum absolute atomic E-state index is 14.1. The average Bonchev–Trinajstić information content (AvgIpc) is 3.34. The summed E-state index contributed by atoms with van der Waals surface area (Å²) in [6.45, 7) is 0.570. The monoisotopic (exact) mass is 326 g/mol. The van der Waals surface area contributed by atoms with Crippen molar-refractivity contribution in [3.05, 3.63) is 65.8 Å². The minimum Gasteiger partial charge on any atom is -0.461 e.